The largest absolute Gasteiger partial charge is 0.497 e. The molecule has 1 unspecified atom stereocenters. The van der Waals surface area contributed by atoms with Gasteiger partial charge in [-0.2, -0.15) is 0 Å². The third-order valence-corrected chi connectivity index (χ3v) is 5.25. The van der Waals surface area contributed by atoms with Crippen LogP contribution in [0.4, 0.5) is 10.1 Å². The molecule has 32 heavy (non-hydrogen) atoms. The van der Waals surface area contributed by atoms with Gasteiger partial charge in [0.05, 0.1) is 20.8 Å². The molecule has 1 atom stereocenters. The van der Waals surface area contributed by atoms with Gasteiger partial charge in [0, 0.05) is 30.0 Å². The quantitative estimate of drug-likeness (QED) is 0.666. The highest BCUT2D eigenvalue weighted by molar-refractivity contribution is 6.16. The molecule has 0 radical (unpaired) electrons. The Hall–Kier alpha value is -3.68. The Morgan fingerprint density at radius 2 is 2.12 bits per heavy atom. The minimum absolute atomic E-state index is 0.257. The highest BCUT2D eigenvalue weighted by Gasteiger charge is 2.37. The Morgan fingerprint density at radius 3 is 2.91 bits per heavy atom. The molecule has 0 bridgehead atoms. The van der Waals surface area contributed by atoms with E-state index in [2.05, 4.69) is 27.2 Å². The van der Waals surface area contributed by atoms with E-state index in [9.17, 15) is 4.39 Å². The summed E-state index contributed by atoms with van der Waals surface area (Å²) in [6.45, 7) is 2.96. The number of methoxy groups -OCH3 is 2. The summed E-state index contributed by atoms with van der Waals surface area (Å²) in [5.74, 6) is 2.18. The average Bonchev–Trinajstić information content (AvgIpc) is 3.25. The van der Waals surface area contributed by atoms with Crippen LogP contribution in [-0.4, -0.2) is 49.8 Å². The molecule has 166 valence electrons. The van der Waals surface area contributed by atoms with Gasteiger partial charge in [-0.1, -0.05) is 19.1 Å². The van der Waals surface area contributed by atoms with Crippen molar-refractivity contribution in [2.45, 2.75) is 26.1 Å². The van der Waals surface area contributed by atoms with E-state index in [1.54, 1.807) is 26.5 Å². The molecule has 0 saturated heterocycles. The van der Waals surface area contributed by atoms with Crippen molar-refractivity contribution in [2.75, 3.05) is 20.8 Å². The van der Waals surface area contributed by atoms with Crippen LogP contribution >= 0.6 is 0 Å². The molecule has 0 saturated carbocycles. The zero-order chi connectivity index (χ0) is 22.5. The zero-order valence-electron chi connectivity index (χ0n) is 18.4. The Kier molecular flexibility index (Phi) is 6.49. The molecule has 0 fully saturated rings. The number of para-hydroxylation sites is 1. The average molecular weight is 436 g/mol. The number of nitrogens with one attached hydrogen (secondary N) is 1. The third kappa shape index (κ3) is 4.21. The third-order valence-electron chi connectivity index (χ3n) is 5.25. The second-order valence-electron chi connectivity index (χ2n) is 7.25. The van der Waals surface area contributed by atoms with Crippen LogP contribution in [0.15, 0.2) is 63.5 Å². The summed E-state index contributed by atoms with van der Waals surface area (Å²) >= 11 is 0. The lowest BCUT2D eigenvalue weighted by Gasteiger charge is -2.31. The monoisotopic (exact) mass is 435 g/mol. The van der Waals surface area contributed by atoms with Crippen molar-refractivity contribution in [3.05, 3.63) is 65.5 Å². The number of fused-ring (bicyclic) bond motifs is 3. The minimum Gasteiger partial charge on any atom is -0.497 e. The summed E-state index contributed by atoms with van der Waals surface area (Å²) in [5, 5.41) is 3.34. The van der Waals surface area contributed by atoms with Crippen molar-refractivity contribution in [2.24, 2.45) is 15.0 Å². The molecule has 0 spiro atoms. The van der Waals surface area contributed by atoms with E-state index >= 15 is 0 Å². The van der Waals surface area contributed by atoms with Gasteiger partial charge in [0.2, 0.25) is 5.96 Å². The Morgan fingerprint density at radius 1 is 1.25 bits per heavy atom. The number of amidine groups is 1. The normalized spacial score (nSPS) is 17.2. The van der Waals surface area contributed by atoms with Crippen molar-refractivity contribution in [3.8, 4) is 11.5 Å². The first-order valence-corrected chi connectivity index (χ1v) is 10.5. The topological polar surface area (TPSA) is 70.8 Å². The fraction of sp³-hybridized carbons (Fsp3) is 0.292. The lowest BCUT2D eigenvalue weighted by atomic mass is 10.1. The molecule has 4 rings (SSSR count). The fourth-order valence-corrected chi connectivity index (χ4v) is 3.65. The Labute approximate surface area is 187 Å². The number of aliphatic imine (C=N–C) groups is 3. The maximum Gasteiger partial charge on any atom is 0.207 e. The molecule has 2 aromatic rings. The molecular weight excluding hydrogens is 409 g/mol. The molecule has 0 aromatic heterocycles. The smallest absolute Gasteiger partial charge is 0.207 e. The van der Waals surface area contributed by atoms with Crippen molar-refractivity contribution in [1.29, 1.82) is 0 Å². The SMILES string of the molecule is CC/C=C\C=NC1CN=C2c3cccc(F)c3N=C(NCc3ccc(OC)cc3OC)N21. The number of hydrogen-bond donors (Lipinski definition) is 1. The standard InChI is InChI=1S/C24H26FN5O2/c1-4-5-6-12-26-21-15-27-23-18-8-7-9-19(25)22(18)29-24(30(21)23)28-14-16-10-11-17(31-2)13-20(16)32-3/h5-13,21H,4,14-15H2,1-3H3,(H,28,29)/b6-5-,26-12?. The fourth-order valence-electron chi connectivity index (χ4n) is 3.65. The van der Waals surface area contributed by atoms with E-state index in [-0.39, 0.29) is 17.7 Å². The second-order valence-corrected chi connectivity index (χ2v) is 7.25. The van der Waals surface area contributed by atoms with E-state index in [0.29, 0.717) is 41.9 Å². The number of nitrogens with zero attached hydrogens (tertiary/aromatic N) is 4. The van der Waals surface area contributed by atoms with Crippen molar-refractivity contribution in [1.82, 2.24) is 10.2 Å². The maximum absolute atomic E-state index is 14.6. The van der Waals surface area contributed by atoms with Crippen LogP contribution in [0, 0.1) is 5.82 Å². The second kappa shape index (κ2) is 9.64. The van der Waals surface area contributed by atoms with Gasteiger partial charge in [-0.05, 0) is 36.8 Å². The van der Waals surface area contributed by atoms with E-state index < -0.39 is 0 Å². The first-order valence-electron chi connectivity index (χ1n) is 10.5. The molecule has 1 N–H and O–H groups in total. The predicted octanol–water partition coefficient (Wildman–Crippen LogP) is 4.06. The molecule has 0 amide bonds. The molecule has 2 aliphatic rings. The molecule has 2 aliphatic heterocycles. The van der Waals surface area contributed by atoms with Gasteiger partial charge in [-0.15, -0.1) is 0 Å². The molecule has 2 aromatic carbocycles. The molecule has 8 heteroatoms. The van der Waals surface area contributed by atoms with Gasteiger partial charge in [0.1, 0.15) is 35.0 Å². The van der Waals surface area contributed by atoms with Gasteiger partial charge in [-0.3, -0.25) is 14.9 Å². The van der Waals surface area contributed by atoms with Gasteiger partial charge < -0.3 is 14.8 Å². The number of ether oxygens (including phenoxy) is 2. The van der Waals surface area contributed by atoms with E-state index in [4.69, 9.17) is 9.47 Å². The number of benzene rings is 2. The molecule has 7 nitrogen and oxygen atoms in total. The van der Waals surface area contributed by atoms with Gasteiger partial charge in [0.15, 0.2) is 0 Å². The van der Waals surface area contributed by atoms with Gasteiger partial charge in [-0.25, -0.2) is 9.38 Å². The molecular formula is C24H26FN5O2. The van der Waals surface area contributed by atoms with E-state index in [1.807, 2.05) is 41.3 Å². The van der Waals surface area contributed by atoms with Crippen LogP contribution in [0.2, 0.25) is 0 Å². The summed E-state index contributed by atoms with van der Waals surface area (Å²) in [4.78, 5) is 15.8. The summed E-state index contributed by atoms with van der Waals surface area (Å²) in [6, 6.07) is 10.5. The van der Waals surface area contributed by atoms with Crippen LogP contribution < -0.4 is 14.8 Å². The maximum atomic E-state index is 14.6. The lowest BCUT2D eigenvalue weighted by molar-refractivity contribution is 0.390. The highest BCUT2D eigenvalue weighted by Crippen LogP contribution is 2.33. The number of halogens is 1. The number of guanidine groups is 1. The molecule has 2 heterocycles. The number of hydrogen-bond acceptors (Lipinski definition) is 7. The highest BCUT2D eigenvalue weighted by atomic mass is 19.1. The summed E-state index contributed by atoms with van der Waals surface area (Å²) < 4.78 is 25.3. The van der Waals surface area contributed by atoms with E-state index in [1.165, 1.54) is 6.07 Å². The van der Waals surface area contributed by atoms with Crippen molar-refractivity contribution in [3.63, 3.8) is 0 Å². The summed E-state index contributed by atoms with van der Waals surface area (Å²) in [7, 11) is 3.22. The van der Waals surface area contributed by atoms with E-state index in [0.717, 1.165) is 12.0 Å². The summed E-state index contributed by atoms with van der Waals surface area (Å²) in [5.41, 5.74) is 1.86. The molecule has 0 aliphatic carbocycles. The van der Waals surface area contributed by atoms with Crippen LogP contribution in [0.5, 0.6) is 11.5 Å². The van der Waals surface area contributed by atoms with Crippen molar-refractivity contribution >= 4 is 23.7 Å². The zero-order valence-corrected chi connectivity index (χ0v) is 18.4. The van der Waals surface area contributed by atoms with Crippen LogP contribution in [0.3, 0.4) is 0 Å². The van der Waals surface area contributed by atoms with Crippen LogP contribution in [0.25, 0.3) is 0 Å². The van der Waals surface area contributed by atoms with Crippen LogP contribution in [-0.2, 0) is 6.54 Å². The predicted molar refractivity (Wildman–Crippen MR) is 125 cm³/mol. The lowest BCUT2D eigenvalue weighted by Crippen LogP contribution is -2.49. The number of allylic oxidation sites excluding steroid dienone is 2. The minimum atomic E-state index is -0.385. The first kappa shape index (κ1) is 21.5. The van der Waals surface area contributed by atoms with Gasteiger partial charge >= 0.3 is 0 Å². The first-order chi connectivity index (χ1) is 15.7. The number of rotatable bonds is 7. The van der Waals surface area contributed by atoms with Gasteiger partial charge in [0.25, 0.3) is 0 Å². The Bertz CT molecular complexity index is 1110. The van der Waals surface area contributed by atoms with Crippen LogP contribution in [0.1, 0.15) is 24.5 Å². The van der Waals surface area contributed by atoms with Crippen molar-refractivity contribution < 1.29 is 13.9 Å². The summed E-state index contributed by atoms with van der Waals surface area (Å²) in [6.07, 6.45) is 6.41. The Balaban J connectivity index is 1.65.